The van der Waals surface area contributed by atoms with Crippen molar-refractivity contribution < 1.29 is 0 Å². The molecular weight excluding hydrogens is 452 g/mol. The van der Waals surface area contributed by atoms with Crippen molar-refractivity contribution in [2.45, 2.75) is 0 Å². The number of fused-ring (bicyclic) bond motifs is 5. The van der Waals surface area contributed by atoms with Gasteiger partial charge in [-0.25, -0.2) is 9.97 Å². The summed E-state index contributed by atoms with van der Waals surface area (Å²) in [5.74, 6) is 0.650. The van der Waals surface area contributed by atoms with Crippen LogP contribution in [0.4, 0.5) is 17.3 Å². The number of benzene rings is 5. The van der Waals surface area contributed by atoms with Crippen LogP contribution in [-0.2, 0) is 0 Å². The highest BCUT2D eigenvalue weighted by Crippen LogP contribution is 2.52. The molecule has 0 amide bonds. The van der Waals surface area contributed by atoms with Gasteiger partial charge in [0.15, 0.2) is 0 Å². The molecule has 0 unspecified atom stereocenters. The van der Waals surface area contributed by atoms with Crippen LogP contribution in [0, 0.1) is 0 Å². The maximum Gasteiger partial charge on any atom is 0.235 e. The summed E-state index contributed by atoms with van der Waals surface area (Å²) < 4.78 is 0. The minimum Gasteiger partial charge on any atom is -0.277 e. The first-order valence-corrected chi connectivity index (χ1v) is 12.4. The van der Waals surface area contributed by atoms with Crippen LogP contribution in [0.25, 0.3) is 54.8 Å². The first-order valence-electron chi connectivity index (χ1n) is 12.4. The Labute approximate surface area is 213 Å². The highest BCUT2D eigenvalue weighted by molar-refractivity contribution is 6.18. The Balaban J connectivity index is 1.53. The molecule has 37 heavy (non-hydrogen) atoms. The van der Waals surface area contributed by atoms with E-state index in [1.54, 1.807) is 6.20 Å². The number of pyridine rings is 1. The summed E-state index contributed by atoms with van der Waals surface area (Å²) in [6.07, 6.45) is 3.66. The van der Waals surface area contributed by atoms with Crippen LogP contribution >= 0.6 is 0 Å². The van der Waals surface area contributed by atoms with Crippen molar-refractivity contribution in [2.75, 3.05) is 4.90 Å². The van der Waals surface area contributed by atoms with E-state index in [1.165, 1.54) is 32.7 Å². The van der Waals surface area contributed by atoms with Crippen molar-refractivity contribution in [3.05, 3.63) is 122 Å². The average molecular weight is 473 g/mol. The third kappa shape index (κ3) is 2.93. The Morgan fingerprint density at radius 2 is 1.38 bits per heavy atom. The second-order valence-corrected chi connectivity index (χ2v) is 9.33. The van der Waals surface area contributed by atoms with Gasteiger partial charge in [0.05, 0.1) is 22.6 Å². The van der Waals surface area contributed by atoms with Crippen LogP contribution in [0.5, 0.6) is 0 Å². The molecule has 172 valence electrons. The molecule has 8 rings (SSSR count). The van der Waals surface area contributed by atoms with Gasteiger partial charge in [-0.3, -0.25) is 9.88 Å². The Morgan fingerprint density at radius 1 is 0.568 bits per heavy atom. The molecule has 4 heteroatoms. The molecule has 3 heterocycles. The van der Waals surface area contributed by atoms with Gasteiger partial charge in [0.25, 0.3) is 0 Å². The van der Waals surface area contributed by atoms with E-state index in [0.717, 1.165) is 33.5 Å². The Hall–Kier alpha value is -5.09. The highest BCUT2D eigenvalue weighted by atomic mass is 15.3. The van der Waals surface area contributed by atoms with Gasteiger partial charge in [-0.1, -0.05) is 84.9 Å². The molecule has 0 bridgehead atoms. The zero-order valence-electron chi connectivity index (χ0n) is 19.8. The van der Waals surface area contributed by atoms with Gasteiger partial charge in [-0.05, 0) is 40.6 Å². The zero-order chi connectivity index (χ0) is 24.3. The molecule has 0 saturated carbocycles. The number of hydrogen-bond acceptors (Lipinski definition) is 4. The molecule has 0 N–H and O–H groups in total. The first-order chi connectivity index (χ1) is 18.4. The van der Waals surface area contributed by atoms with Gasteiger partial charge in [0.1, 0.15) is 0 Å². The predicted octanol–water partition coefficient (Wildman–Crippen LogP) is 8.45. The Kier molecular flexibility index (Phi) is 4.19. The van der Waals surface area contributed by atoms with Crippen LogP contribution in [0.15, 0.2) is 122 Å². The van der Waals surface area contributed by atoms with Crippen LogP contribution < -0.4 is 4.90 Å². The fraction of sp³-hybridized carbons (Fsp3) is 0. The summed E-state index contributed by atoms with van der Waals surface area (Å²) in [6, 6.07) is 38.2. The molecule has 1 aliphatic rings. The fourth-order valence-electron chi connectivity index (χ4n) is 5.66. The summed E-state index contributed by atoms with van der Waals surface area (Å²) >= 11 is 0. The largest absolute Gasteiger partial charge is 0.277 e. The van der Waals surface area contributed by atoms with Crippen molar-refractivity contribution in [3.8, 4) is 22.4 Å². The SMILES string of the molecule is c1cncc(-c2nc(N3c4c(ccc5ccccc45)-c4cccc5cccc3c45)nc3ccccc23)c1. The molecule has 0 aliphatic carbocycles. The quantitative estimate of drug-likeness (QED) is 0.253. The van der Waals surface area contributed by atoms with E-state index < -0.39 is 0 Å². The van der Waals surface area contributed by atoms with Crippen molar-refractivity contribution >= 4 is 49.8 Å². The lowest BCUT2D eigenvalue weighted by Gasteiger charge is -2.33. The van der Waals surface area contributed by atoms with Crippen LogP contribution in [0.1, 0.15) is 0 Å². The number of aromatic nitrogens is 3. The number of para-hydroxylation sites is 1. The standard InChI is InChI=1S/C33H20N4/c1-2-12-24-21(8-1)17-18-26-25-14-5-9-22-10-6-16-29(30(22)25)37(32(24)26)33-35-28-15-4-3-13-27(28)31(36-33)23-11-7-19-34-20-23/h1-20H. The zero-order valence-corrected chi connectivity index (χ0v) is 19.8. The lowest BCUT2D eigenvalue weighted by Crippen LogP contribution is -2.18. The van der Waals surface area contributed by atoms with Crippen LogP contribution in [0.3, 0.4) is 0 Å². The Morgan fingerprint density at radius 3 is 2.27 bits per heavy atom. The maximum absolute atomic E-state index is 5.24. The van der Waals surface area contributed by atoms with Crippen molar-refractivity contribution in [2.24, 2.45) is 0 Å². The van der Waals surface area contributed by atoms with Crippen molar-refractivity contribution in [1.82, 2.24) is 15.0 Å². The topological polar surface area (TPSA) is 41.9 Å². The Bertz CT molecular complexity index is 1990. The first kappa shape index (κ1) is 20.1. The summed E-state index contributed by atoms with van der Waals surface area (Å²) in [5.41, 5.74) is 7.36. The smallest absolute Gasteiger partial charge is 0.235 e. The maximum atomic E-state index is 5.24. The molecule has 1 aliphatic heterocycles. The monoisotopic (exact) mass is 472 g/mol. The van der Waals surface area contributed by atoms with Crippen molar-refractivity contribution in [1.29, 1.82) is 0 Å². The van der Waals surface area contributed by atoms with Gasteiger partial charge in [0.2, 0.25) is 5.95 Å². The van der Waals surface area contributed by atoms with E-state index in [1.807, 2.05) is 24.4 Å². The molecule has 0 saturated heterocycles. The molecule has 2 aromatic heterocycles. The minimum absolute atomic E-state index is 0.650. The molecule has 0 spiro atoms. The van der Waals surface area contributed by atoms with E-state index >= 15 is 0 Å². The van der Waals surface area contributed by atoms with E-state index in [2.05, 4.69) is 101 Å². The molecular formula is C33H20N4. The lowest BCUT2D eigenvalue weighted by molar-refractivity contribution is 1.12. The van der Waals surface area contributed by atoms with Crippen molar-refractivity contribution in [3.63, 3.8) is 0 Å². The highest BCUT2D eigenvalue weighted by Gasteiger charge is 2.29. The van der Waals surface area contributed by atoms with E-state index in [9.17, 15) is 0 Å². The summed E-state index contributed by atoms with van der Waals surface area (Å²) in [5, 5.41) is 5.78. The number of anilines is 3. The molecule has 7 aromatic rings. The summed E-state index contributed by atoms with van der Waals surface area (Å²) in [7, 11) is 0. The second-order valence-electron chi connectivity index (χ2n) is 9.33. The number of nitrogens with zero attached hydrogens (tertiary/aromatic N) is 4. The van der Waals surface area contributed by atoms with E-state index in [-0.39, 0.29) is 0 Å². The van der Waals surface area contributed by atoms with Crippen LogP contribution in [0.2, 0.25) is 0 Å². The van der Waals surface area contributed by atoms with Gasteiger partial charge < -0.3 is 0 Å². The molecule has 0 atom stereocenters. The number of hydrogen-bond donors (Lipinski definition) is 0. The summed E-state index contributed by atoms with van der Waals surface area (Å²) in [4.78, 5) is 17.0. The molecule has 5 aromatic carbocycles. The number of rotatable bonds is 2. The molecule has 4 nitrogen and oxygen atoms in total. The fourth-order valence-corrected chi connectivity index (χ4v) is 5.66. The van der Waals surface area contributed by atoms with Gasteiger partial charge in [0, 0.05) is 39.7 Å². The summed E-state index contributed by atoms with van der Waals surface area (Å²) in [6.45, 7) is 0. The minimum atomic E-state index is 0.650. The van der Waals surface area contributed by atoms with Gasteiger partial charge in [-0.2, -0.15) is 0 Å². The second kappa shape index (κ2) is 7.70. The lowest BCUT2D eigenvalue weighted by atomic mass is 9.89. The normalized spacial score (nSPS) is 12.3. The third-order valence-corrected chi connectivity index (χ3v) is 7.26. The molecule has 0 fully saturated rings. The van der Waals surface area contributed by atoms with E-state index in [4.69, 9.17) is 9.97 Å². The third-order valence-electron chi connectivity index (χ3n) is 7.26. The average Bonchev–Trinajstić information content (AvgIpc) is 2.97. The van der Waals surface area contributed by atoms with Crippen LogP contribution in [-0.4, -0.2) is 15.0 Å². The predicted molar refractivity (Wildman–Crippen MR) is 151 cm³/mol. The van der Waals surface area contributed by atoms with E-state index in [0.29, 0.717) is 5.95 Å². The van der Waals surface area contributed by atoms with Gasteiger partial charge >= 0.3 is 0 Å². The molecule has 0 radical (unpaired) electrons. The van der Waals surface area contributed by atoms with Gasteiger partial charge in [-0.15, -0.1) is 0 Å².